The highest BCUT2D eigenvalue weighted by Crippen LogP contribution is 2.20. The summed E-state index contributed by atoms with van der Waals surface area (Å²) in [6.45, 7) is 2.96. The van der Waals surface area contributed by atoms with Crippen molar-refractivity contribution in [3.8, 4) is 5.75 Å². The molecular formula is C22H38OS2. The Bertz CT molecular complexity index is 383. The molecule has 25 heavy (non-hydrogen) atoms. The molecule has 1 nitrogen and oxygen atoms in total. The molecule has 0 aromatic heterocycles. The molecule has 3 heteroatoms. The zero-order valence-electron chi connectivity index (χ0n) is 16.1. The number of para-hydroxylation sites is 1. The lowest BCUT2D eigenvalue weighted by Crippen LogP contribution is -2.08. The summed E-state index contributed by atoms with van der Waals surface area (Å²) in [7, 11) is 0. The van der Waals surface area contributed by atoms with E-state index < -0.39 is 0 Å². The van der Waals surface area contributed by atoms with Crippen LogP contribution in [0, 0.1) is 0 Å². The van der Waals surface area contributed by atoms with Crippen LogP contribution in [-0.4, -0.2) is 16.9 Å². The first-order valence-electron chi connectivity index (χ1n) is 10.3. The van der Waals surface area contributed by atoms with Crippen molar-refractivity contribution >= 4 is 24.4 Å². The molecule has 0 bridgehead atoms. The van der Waals surface area contributed by atoms with Crippen molar-refractivity contribution in [3.05, 3.63) is 30.3 Å². The summed E-state index contributed by atoms with van der Waals surface area (Å²) in [4.78, 5) is 0. The van der Waals surface area contributed by atoms with E-state index >= 15 is 0 Å². The molecule has 1 atom stereocenters. The monoisotopic (exact) mass is 382 g/mol. The van der Waals surface area contributed by atoms with E-state index in [9.17, 15) is 0 Å². The highest BCUT2D eigenvalue weighted by molar-refractivity contribution is 8.10. The average molecular weight is 383 g/mol. The SMILES string of the molecule is CCCCCCCCCCCCCCSC(S)COc1ccccc1. The summed E-state index contributed by atoms with van der Waals surface area (Å²) in [6, 6.07) is 10.0. The molecule has 1 aromatic rings. The summed E-state index contributed by atoms with van der Waals surface area (Å²) in [5.41, 5.74) is 0. The second kappa shape index (κ2) is 17.1. The Morgan fingerprint density at radius 1 is 0.800 bits per heavy atom. The van der Waals surface area contributed by atoms with Gasteiger partial charge in [-0.1, -0.05) is 95.8 Å². The molecule has 0 radical (unpaired) electrons. The van der Waals surface area contributed by atoms with Crippen LogP contribution in [0.3, 0.4) is 0 Å². The van der Waals surface area contributed by atoms with Crippen molar-refractivity contribution in [2.75, 3.05) is 12.4 Å². The topological polar surface area (TPSA) is 9.23 Å². The zero-order chi connectivity index (χ0) is 18.0. The maximum Gasteiger partial charge on any atom is 0.119 e. The van der Waals surface area contributed by atoms with Crippen LogP contribution in [-0.2, 0) is 0 Å². The maximum absolute atomic E-state index is 5.73. The first-order chi connectivity index (χ1) is 12.3. The molecule has 0 spiro atoms. The lowest BCUT2D eigenvalue weighted by Gasteiger charge is -2.12. The van der Waals surface area contributed by atoms with Gasteiger partial charge in [-0.25, -0.2) is 0 Å². The van der Waals surface area contributed by atoms with Gasteiger partial charge in [0.15, 0.2) is 0 Å². The Morgan fingerprint density at radius 3 is 1.88 bits per heavy atom. The van der Waals surface area contributed by atoms with E-state index in [4.69, 9.17) is 4.74 Å². The van der Waals surface area contributed by atoms with Gasteiger partial charge in [-0.3, -0.25) is 0 Å². The Hall–Kier alpha value is -0.280. The normalized spacial score (nSPS) is 12.2. The van der Waals surface area contributed by atoms with Gasteiger partial charge in [-0.2, -0.15) is 12.6 Å². The zero-order valence-corrected chi connectivity index (χ0v) is 17.8. The second-order valence-corrected chi connectivity index (χ2v) is 9.12. The van der Waals surface area contributed by atoms with E-state index in [0.717, 1.165) is 5.75 Å². The van der Waals surface area contributed by atoms with Crippen LogP contribution in [0.2, 0.25) is 0 Å². The summed E-state index contributed by atoms with van der Waals surface area (Å²) in [5.74, 6) is 2.14. The molecule has 0 saturated carbocycles. The predicted octanol–water partition coefficient (Wildman–Crippen LogP) is 7.76. The number of ether oxygens (including phenoxy) is 1. The molecule has 1 unspecified atom stereocenters. The van der Waals surface area contributed by atoms with Gasteiger partial charge in [0.05, 0.1) is 4.58 Å². The molecule has 144 valence electrons. The van der Waals surface area contributed by atoms with Gasteiger partial charge < -0.3 is 4.74 Å². The summed E-state index contributed by atoms with van der Waals surface area (Å²) >= 11 is 6.53. The number of rotatable bonds is 17. The Morgan fingerprint density at radius 2 is 1.32 bits per heavy atom. The van der Waals surface area contributed by atoms with Gasteiger partial charge in [-0.15, -0.1) is 11.8 Å². The molecule has 0 saturated heterocycles. The van der Waals surface area contributed by atoms with Gasteiger partial charge in [0.2, 0.25) is 0 Å². The Balaban J connectivity index is 1.79. The summed E-state index contributed by atoms with van der Waals surface area (Å²) in [6.07, 6.45) is 16.9. The molecule has 0 aliphatic heterocycles. The second-order valence-electron chi connectivity index (χ2n) is 6.84. The number of hydrogen-bond acceptors (Lipinski definition) is 3. The molecule has 0 fully saturated rings. The van der Waals surface area contributed by atoms with Crippen molar-refractivity contribution in [2.45, 2.75) is 88.6 Å². The smallest absolute Gasteiger partial charge is 0.119 e. The third-order valence-corrected chi connectivity index (χ3v) is 6.09. The van der Waals surface area contributed by atoms with E-state index in [0.29, 0.717) is 6.61 Å². The molecule has 1 aromatic carbocycles. The largest absolute Gasteiger partial charge is 0.492 e. The Labute approximate surface area is 166 Å². The summed E-state index contributed by atoms with van der Waals surface area (Å²) < 4.78 is 6.01. The van der Waals surface area contributed by atoms with Crippen molar-refractivity contribution in [1.29, 1.82) is 0 Å². The Kier molecular flexibility index (Phi) is 15.6. The molecule has 0 amide bonds. The number of benzene rings is 1. The molecular weight excluding hydrogens is 344 g/mol. The van der Waals surface area contributed by atoms with Gasteiger partial charge in [0, 0.05) is 0 Å². The van der Waals surface area contributed by atoms with Gasteiger partial charge in [-0.05, 0) is 24.3 Å². The van der Waals surface area contributed by atoms with Crippen molar-refractivity contribution in [3.63, 3.8) is 0 Å². The van der Waals surface area contributed by atoms with Crippen LogP contribution in [0.4, 0.5) is 0 Å². The fourth-order valence-electron chi connectivity index (χ4n) is 2.89. The number of hydrogen-bond donors (Lipinski definition) is 1. The van der Waals surface area contributed by atoms with E-state index in [-0.39, 0.29) is 4.58 Å². The van der Waals surface area contributed by atoms with E-state index in [1.165, 1.54) is 82.8 Å². The van der Waals surface area contributed by atoms with Crippen molar-refractivity contribution in [1.82, 2.24) is 0 Å². The highest BCUT2D eigenvalue weighted by atomic mass is 32.2. The number of thioether (sulfide) groups is 1. The molecule has 0 aliphatic rings. The van der Waals surface area contributed by atoms with Crippen molar-refractivity contribution in [2.24, 2.45) is 0 Å². The standard InChI is InChI=1S/C22H38OS2/c1-2-3-4-5-6-7-8-9-10-11-12-16-19-25-22(24)20-23-21-17-14-13-15-18-21/h13-15,17-18,22,24H,2-12,16,19-20H2,1H3. The average Bonchev–Trinajstić information content (AvgIpc) is 2.64. The fraction of sp³-hybridized carbons (Fsp3) is 0.727. The van der Waals surface area contributed by atoms with Crippen LogP contribution in [0.25, 0.3) is 0 Å². The van der Waals surface area contributed by atoms with Crippen LogP contribution >= 0.6 is 24.4 Å². The quantitative estimate of drug-likeness (QED) is 0.167. The minimum atomic E-state index is 0.271. The summed E-state index contributed by atoms with van der Waals surface area (Å²) in [5, 5.41) is 0. The first kappa shape index (κ1) is 22.8. The van der Waals surface area contributed by atoms with Crippen LogP contribution < -0.4 is 4.74 Å². The minimum Gasteiger partial charge on any atom is -0.492 e. The van der Waals surface area contributed by atoms with Gasteiger partial charge in [0.1, 0.15) is 12.4 Å². The fourth-order valence-corrected chi connectivity index (χ4v) is 4.09. The lowest BCUT2D eigenvalue weighted by molar-refractivity contribution is 0.338. The van der Waals surface area contributed by atoms with Gasteiger partial charge >= 0.3 is 0 Å². The van der Waals surface area contributed by atoms with E-state index in [1.807, 2.05) is 42.1 Å². The molecule has 0 N–H and O–H groups in total. The predicted molar refractivity (Wildman–Crippen MR) is 118 cm³/mol. The molecule has 1 rings (SSSR count). The maximum atomic E-state index is 5.73. The van der Waals surface area contributed by atoms with Crippen LogP contribution in [0.5, 0.6) is 5.75 Å². The lowest BCUT2D eigenvalue weighted by atomic mass is 10.1. The van der Waals surface area contributed by atoms with Crippen LogP contribution in [0.15, 0.2) is 30.3 Å². The third kappa shape index (κ3) is 14.6. The number of thiol groups is 1. The number of unbranched alkanes of at least 4 members (excludes halogenated alkanes) is 11. The van der Waals surface area contributed by atoms with Crippen molar-refractivity contribution < 1.29 is 4.74 Å². The first-order valence-corrected chi connectivity index (χ1v) is 11.9. The molecule has 0 heterocycles. The third-order valence-electron chi connectivity index (χ3n) is 4.44. The highest BCUT2D eigenvalue weighted by Gasteiger charge is 2.04. The van der Waals surface area contributed by atoms with E-state index in [2.05, 4.69) is 19.6 Å². The van der Waals surface area contributed by atoms with E-state index in [1.54, 1.807) is 0 Å². The minimum absolute atomic E-state index is 0.271. The van der Waals surface area contributed by atoms with Crippen LogP contribution in [0.1, 0.15) is 84.0 Å². The van der Waals surface area contributed by atoms with Gasteiger partial charge in [0.25, 0.3) is 0 Å². The molecule has 0 aliphatic carbocycles.